The van der Waals surface area contributed by atoms with E-state index < -0.39 is 0 Å². The Hall–Kier alpha value is -1.09. The van der Waals surface area contributed by atoms with Crippen LogP contribution in [0.5, 0.6) is 0 Å². The second-order valence-corrected chi connectivity index (χ2v) is 4.61. The van der Waals surface area contributed by atoms with E-state index in [2.05, 4.69) is 34.1 Å². The van der Waals surface area contributed by atoms with Crippen molar-refractivity contribution in [2.45, 2.75) is 26.2 Å². The molecule has 1 rings (SSSR count). The number of carbonyl (C=O) groups excluding carboxylic acids is 1. The van der Waals surface area contributed by atoms with E-state index >= 15 is 0 Å². The van der Waals surface area contributed by atoms with Gasteiger partial charge in [-0.15, -0.1) is 0 Å². The minimum absolute atomic E-state index is 0.200. The van der Waals surface area contributed by atoms with Crippen LogP contribution in [-0.4, -0.2) is 12.6 Å². The molecular formula is C14H17BrO2. The van der Waals surface area contributed by atoms with Crippen molar-refractivity contribution in [1.82, 2.24) is 0 Å². The number of rotatable bonds is 6. The molecule has 92 valence electrons. The molecule has 0 aliphatic carbocycles. The van der Waals surface area contributed by atoms with Crippen LogP contribution in [0.4, 0.5) is 0 Å². The summed E-state index contributed by atoms with van der Waals surface area (Å²) >= 11 is 3.50. The molecule has 1 aromatic carbocycles. The highest BCUT2D eigenvalue weighted by Gasteiger charge is 1.93. The molecule has 0 N–H and O–H groups in total. The van der Waals surface area contributed by atoms with Gasteiger partial charge in [-0.25, -0.2) is 0 Å². The second-order valence-electron chi connectivity index (χ2n) is 3.76. The summed E-state index contributed by atoms with van der Waals surface area (Å²) in [7, 11) is 0. The molecule has 0 aromatic heterocycles. The fourth-order valence-electron chi connectivity index (χ4n) is 1.40. The third-order valence-electron chi connectivity index (χ3n) is 2.27. The summed E-state index contributed by atoms with van der Waals surface area (Å²) in [6, 6.07) is 8.12. The fourth-order valence-corrected chi connectivity index (χ4v) is 1.82. The van der Waals surface area contributed by atoms with E-state index in [1.54, 1.807) is 0 Å². The lowest BCUT2D eigenvalue weighted by Crippen LogP contribution is -1.99. The molecule has 1 aromatic rings. The fraction of sp³-hybridized carbons (Fsp3) is 0.357. The Kier molecular flexibility index (Phi) is 6.63. The molecule has 3 heteroatoms. The lowest BCUT2D eigenvalue weighted by atomic mass is 10.1. The third-order valence-corrected chi connectivity index (χ3v) is 3.00. The topological polar surface area (TPSA) is 26.3 Å². The predicted molar refractivity (Wildman–Crippen MR) is 73.7 cm³/mol. The van der Waals surface area contributed by atoms with E-state index in [1.165, 1.54) is 12.5 Å². The molecule has 0 fully saturated rings. The Morgan fingerprint density at radius 3 is 2.82 bits per heavy atom. The predicted octanol–water partition coefficient (Wildman–Crippen LogP) is 4.20. The number of esters is 1. The van der Waals surface area contributed by atoms with Crippen molar-refractivity contribution in [3.8, 4) is 0 Å². The molecular weight excluding hydrogens is 280 g/mol. The molecule has 0 aliphatic rings. The van der Waals surface area contributed by atoms with Crippen molar-refractivity contribution < 1.29 is 9.53 Å². The van der Waals surface area contributed by atoms with Gasteiger partial charge < -0.3 is 4.74 Å². The van der Waals surface area contributed by atoms with E-state index in [0.717, 1.165) is 23.7 Å². The summed E-state index contributed by atoms with van der Waals surface area (Å²) in [6.07, 6.45) is 7.21. The smallest absolute Gasteiger partial charge is 0.302 e. The van der Waals surface area contributed by atoms with Gasteiger partial charge in [-0.3, -0.25) is 4.79 Å². The zero-order valence-corrected chi connectivity index (χ0v) is 11.6. The van der Waals surface area contributed by atoms with Gasteiger partial charge in [0.1, 0.15) is 0 Å². The second kappa shape index (κ2) is 8.07. The van der Waals surface area contributed by atoms with Crippen LogP contribution in [-0.2, 0) is 9.53 Å². The number of carbonyl (C=O) groups is 1. The van der Waals surface area contributed by atoms with Crippen molar-refractivity contribution in [2.24, 2.45) is 0 Å². The van der Waals surface area contributed by atoms with Crippen molar-refractivity contribution >= 4 is 28.0 Å². The summed E-state index contributed by atoms with van der Waals surface area (Å²) in [5.74, 6) is -0.200. The molecule has 0 spiro atoms. The quantitative estimate of drug-likeness (QED) is 0.581. The van der Waals surface area contributed by atoms with Gasteiger partial charge in [0.05, 0.1) is 6.61 Å². The van der Waals surface area contributed by atoms with Gasteiger partial charge in [-0.05, 0) is 30.9 Å². The van der Waals surface area contributed by atoms with Crippen LogP contribution >= 0.6 is 15.9 Å². The lowest BCUT2D eigenvalue weighted by Gasteiger charge is -2.00. The maximum atomic E-state index is 10.5. The average Bonchev–Trinajstić information content (AvgIpc) is 2.30. The van der Waals surface area contributed by atoms with Gasteiger partial charge in [-0.1, -0.05) is 46.3 Å². The van der Waals surface area contributed by atoms with Crippen LogP contribution in [0.1, 0.15) is 31.7 Å². The summed E-state index contributed by atoms with van der Waals surface area (Å²) in [6.45, 7) is 1.96. The molecule has 0 bridgehead atoms. The van der Waals surface area contributed by atoms with Crippen molar-refractivity contribution in [3.63, 3.8) is 0 Å². The number of allylic oxidation sites excluding steroid dienone is 1. The molecule has 0 aliphatic heterocycles. The Bertz CT molecular complexity index is 386. The Balaban J connectivity index is 2.18. The number of halogens is 1. The molecule has 0 radical (unpaired) electrons. The van der Waals surface area contributed by atoms with E-state index in [9.17, 15) is 4.79 Å². The maximum Gasteiger partial charge on any atom is 0.302 e. The Labute approximate surface area is 111 Å². The maximum absolute atomic E-state index is 10.5. The van der Waals surface area contributed by atoms with Crippen LogP contribution in [0.2, 0.25) is 0 Å². The summed E-state index contributed by atoms with van der Waals surface area (Å²) in [5.41, 5.74) is 1.19. The van der Waals surface area contributed by atoms with Crippen LogP contribution in [0.15, 0.2) is 34.8 Å². The third kappa shape index (κ3) is 6.27. The molecule has 17 heavy (non-hydrogen) atoms. The van der Waals surface area contributed by atoms with Crippen LogP contribution in [0.3, 0.4) is 0 Å². The number of hydrogen-bond donors (Lipinski definition) is 0. The van der Waals surface area contributed by atoms with Crippen LogP contribution in [0.25, 0.3) is 6.08 Å². The summed E-state index contributed by atoms with van der Waals surface area (Å²) in [4.78, 5) is 10.5. The van der Waals surface area contributed by atoms with Crippen molar-refractivity contribution in [3.05, 3.63) is 40.4 Å². The summed E-state index contributed by atoms with van der Waals surface area (Å²) < 4.78 is 5.96. The highest BCUT2D eigenvalue weighted by atomic mass is 79.9. The minimum atomic E-state index is -0.200. The molecule has 0 atom stereocenters. The number of hydrogen-bond acceptors (Lipinski definition) is 2. The number of unbranched alkanes of at least 4 members (excludes halogenated alkanes) is 2. The zero-order valence-electron chi connectivity index (χ0n) is 9.99. The normalized spacial score (nSPS) is 10.7. The first kappa shape index (κ1) is 14.0. The first-order chi connectivity index (χ1) is 8.20. The number of ether oxygens (including phenoxy) is 1. The molecule has 0 amide bonds. The average molecular weight is 297 g/mol. The van der Waals surface area contributed by atoms with Gasteiger partial charge in [0, 0.05) is 11.4 Å². The van der Waals surface area contributed by atoms with Crippen LogP contribution in [0, 0.1) is 0 Å². The molecule has 0 unspecified atom stereocenters. The van der Waals surface area contributed by atoms with E-state index in [4.69, 9.17) is 4.74 Å². The zero-order chi connectivity index (χ0) is 12.5. The number of benzene rings is 1. The molecule has 2 nitrogen and oxygen atoms in total. The van der Waals surface area contributed by atoms with Gasteiger partial charge >= 0.3 is 5.97 Å². The van der Waals surface area contributed by atoms with E-state index in [1.807, 2.05) is 18.2 Å². The minimum Gasteiger partial charge on any atom is -0.466 e. The molecule has 0 saturated heterocycles. The van der Waals surface area contributed by atoms with E-state index in [0.29, 0.717) is 6.61 Å². The molecule has 0 heterocycles. The summed E-state index contributed by atoms with van der Waals surface area (Å²) in [5, 5.41) is 0. The van der Waals surface area contributed by atoms with Crippen LogP contribution < -0.4 is 0 Å². The van der Waals surface area contributed by atoms with Gasteiger partial charge in [0.15, 0.2) is 0 Å². The van der Waals surface area contributed by atoms with Crippen molar-refractivity contribution in [2.75, 3.05) is 6.61 Å². The highest BCUT2D eigenvalue weighted by Crippen LogP contribution is 2.17. The van der Waals surface area contributed by atoms with Gasteiger partial charge in [0.2, 0.25) is 0 Å². The Morgan fingerprint density at radius 2 is 2.12 bits per heavy atom. The SMILES string of the molecule is CC(=O)OCCCC/C=C/c1ccccc1Br. The monoisotopic (exact) mass is 296 g/mol. The lowest BCUT2D eigenvalue weighted by molar-refractivity contribution is -0.141. The van der Waals surface area contributed by atoms with E-state index in [-0.39, 0.29) is 5.97 Å². The first-order valence-corrected chi connectivity index (χ1v) is 6.54. The van der Waals surface area contributed by atoms with Crippen molar-refractivity contribution in [1.29, 1.82) is 0 Å². The Morgan fingerprint density at radius 1 is 1.35 bits per heavy atom. The highest BCUT2D eigenvalue weighted by molar-refractivity contribution is 9.10. The first-order valence-electron chi connectivity index (χ1n) is 5.74. The van der Waals surface area contributed by atoms with Gasteiger partial charge in [-0.2, -0.15) is 0 Å². The van der Waals surface area contributed by atoms with Gasteiger partial charge in [0.25, 0.3) is 0 Å². The molecule has 0 saturated carbocycles. The standard InChI is InChI=1S/C14H17BrO2/c1-12(16)17-11-7-3-2-4-8-13-9-5-6-10-14(13)15/h4-6,8-10H,2-3,7,11H2,1H3/b8-4+. The largest absolute Gasteiger partial charge is 0.466 e.